The Hall–Kier alpha value is -0.960. The van der Waals surface area contributed by atoms with Gasteiger partial charge in [-0.15, -0.1) is 0 Å². The average Bonchev–Trinajstić information content (AvgIpc) is 3.06. The molecule has 9 heteroatoms. The Morgan fingerprint density at radius 1 is 1.09 bits per heavy atom. The number of carboxylic acid groups (broad SMARTS) is 2. The molecule has 0 aromatic carbocycles. The summed E-state index contributed by atoms with van der Waals surface area (Å²) >= 11 is 7.11. The number of hydrogen-bond acceptors (Lipinski definition) is 4. The van der Waals surface area contributed by atoms with Crippen LogP contribution in [0.15, 0.2) is 0 Å². The van der Waals surface area contributed by atoms with Gasteiger partial charge in [-0.2, -0.15) is 0 Å². The third-order valence-corrected chi connectivity index (χ3v) is 8.46. The minimum atomic E-state index is -1.40. The Kier molecular flexibility index (Phi) is 4.29. The van der Waals surface area contributed by atoms with Crippen LogP contribution < -0.4 is 0 Å². The fourth-order valence-corrected chi connectivity index (χ4v) is 6.18. The number of rotatable bonds is 5. The second-order valence-electron chi connectivity index (χ2n) is 6.34. The molecule has 3 aliphatic rings. The van der Waals surface area contributed by atoms with Gasteiger partial charge in [0, 0.05) is 16.1 Å². The summed E-state index contributed by atoms with van der Waals surface area (Å²) in [5.74, 6) is -4.39. The van der Waals surface area contributed by atoms with Gasteiger partial charge >= 0.3 is 11.9 Å². The van der Waals surface area contributed by atoms with Crippen LogP contribution in [0.4, 0.5) is 0 Å². The van der Waals surface area contributed by atoms with Gasteiger partial charge in [0.05, 0.1) is 11.8 Å². The van der Waals surface area contributed by atoms with E-state index in [9.17, 15) is 24.3 Å². The highest BCUT2D eigenvalue weighted by molar-refractivity contribution is 9.12. The molecule has 0 spiro atoms. The molecule has 2 saturated carbocycles. The predicted molar refractivity (Wildman–Crippen MR) is 84.2 cm³/mol. The fraction of sp³-hybridized carbons (Fsp3) is 0.714. The maximum atomic E-state index is 12.7. The molecule has 3 fully saturated rings. The largest absolute Gasteiger partial charge is 0.481 e. The third kappa shape index (κ3) is 2.43. The van der Waals surface area contributed by atoms with E-state index in [4.69, 9.17) is 5.11 Å². The first kappa shape index (κ1) is 16.9. The van der Waals surface area contributed by atoms with Crippen LogP contribution in [0.3, 0.4) is 0 Å². The second kappa shape index (κ2) is 5.84. The molecule has 2 N–H and O–H groups in total. The van der Waals surface area contributed by atoms with E-state index in [0.717, 1.165) is 11.3 Å². The lowest BCUT2D eigenvalue weighted by molar-refractivity contribution is -0.156. The zero-order valence-electron chi connectivity index (χ0n) is 11.9. The minimum absolute atomic E-state index is 0.00439. The summed E-state index contributed by atoms with van der Waals surface area (Å²) < 4.78 is 0. The summed E-state index contributed by atoms with van der Waals surface area (Å²) in [6.07, 6.45) is 0.0874. The Morgan fingerprint density at radius 3 is 1.96 bits per heavy atom. The van der Waals surface area contributed by atoms with Crippen molar-refractivity contribution in [3.63, 3.8) is 0 Å². The molecule has 0 unspecified atom stereocenters. The zero-order chi connectivity index (χ0) is 17.0. The van der Waals surface area contributed by atoms with Crippen LogP contribution in [0.1, 0.15) is 19.3 Å². The smallest absolute Gasteiger partial charge is 0.326 e. The number of nitrogens with zero attached hydrogens (tertiary/aromatic N) is 1. The van der Waals surface area contributed by atoms with Crippen molar-refractivity contribution in [2.75, 3.05) is 0 Å². The molecule has 7 atom stereocenters. The van der Waals surface area contributed by atoms with Crippen molar-refractivity contribution >= 4 is 55.6 Å². The Balaban J connectivity index is 1.87. The molecule has 7 nitrogen and oxygen atoms in total. The molecule has 0 radical (unpaired) electrons. The van der Waals surface area contributed by atoms with Crippen LogP contribution in [-0.4, -0.2) is 54.6 Å². The van der Waals surface area contributed by atoms with E-state index in [-0.39, 0.29) is 27.9 Å². The molecular formula is C14H15Br2NO6. The monoisotopic (exact) mass is 451 g/mol. The molecule has 2 aliphatic carbocycles. The van der Waals surface area contributed by atoms with Crippen LogP contribution in [0.5, 0.6) is 0 Å². The number of likely N-dealkylation sites (tertiary alicyclic amines) is 1. The number of carbonyl (C=O) groups is 4. The lowest BCUT2D eigenvalue weighted by Crippen LogP contribution is -2.46. The maximum absolute atomic E-state index is 12.7. The average molecular weight is 453 g/mol. The van der Waals surface area contributed by atoms with Crippen molar-refractivity contribution in [2.24, 2.45) is 23.7 Å². The van der Waals surface area contributed by atoms with Gasteiger partial charge in [-0.3, -0.25) is 19.3 Å². The van der Waals surface area contributed by atoms with E-state index < -0.39 is 48.1 Å². The number of amides is 2. The summed E-state index contributed by atoms with van der Waals surface area (Å²) in [5.41, 5.74) is 0. The van der Waals surface area contributed by atoms with Crippen molar-refractivity contribution in [3.8, 4) is 0 Å². The van der Waals surface area contributed by atoms with Gasteiger partial charge in [0.25, 0.3) is 0 Å². The SMILES string of the molecule is O=C(O)CC[C@H](C(=O)O)N1C(=O)[C@@H]2[C@@H]3C[C@@H]([C@@H](Br)[C@H]3Br)[C@@H]2C1=O. The third-order valence-electron chi connectivity index (χ3n) is 5.25. The number of halogens is 2. The van der Waals surface area contributed by atoms with Gasteiger partial charge in [0.1, 0.15) is 6.04 Å². The zero-order valence-corrected chi connectivity index (χ0v) is 15.1. The van der Waals surface area contributed by atoms with Crippen molar-refractivity contribution in [1.82, 2.24) is 4.90 Å². The topological polar surface area (TPSA) is 112 Å². The van der Waals surface area contributed by atoms with Crippen LogP contribution in [0.2, 0.25) is 0 Å². The first-order valence-electron chi connectivity index (χ1n) is 7.35. The van der Waals surface area contributed by atoms with Gasteiger partial charge in [-0.1, -0.05) is 31.9 Å². The summed E-state index contributed by atoms with van der Waals surface area (Å²) in [6.45, 7) is 0. The van der Waals surface area contributed by atoms with Crippen LogP contribution in [0, 0.1) is 23.7 Å². The number of carboxylic acids is 2. The highest BCUT2D eigenvalue weighted by atomic mass is 79.9. The standard InChI is InChI=1S/C14H15Br2NO6/c15-10-4-3-5(11(10)16)9-8(4)12(20)17(13(9)21)6(14(22)23)1-2-7(18)19/h4-6,8-11H,1-3H2,(H,18,19)(H,22,23)/t4-,5+,6-,8+,9-,10-,11+/m1/s1. The molecule has 1 saturated heterocycles. The molecular weight excluding hydrogens is 438 g/mol. The molecule has 1 aliphatic heterocycles. The number of fused-ring (bicyclic) bond motifs is 5. The second-order valence-corrected chi connectivity index (χ2v) is 8.45. The molecule has 0 aromatic heterocycles. The number of alkyl halides is 2. The van der Waals surface area contributed by atoms with E-state index in [1.54, 1.807) is 0 Å². The van der Waals surface area contributed by atoms with Crippen LogP contribution in [0.25, 0.3) is 0 Å². The summed E-state index contributed by atoms with van der Waals surface area (Å²) in [5, 5.41) is 18.1. The first-order chi connectivity index (χ1) is 10.8. The highest BCUT2D eigenvalue weighted by Crippen LogP contribution is 2.60. The molecule has 2 amide bonds. The van der Waals surface area contributed by atoms with Crippen molar-refractivity contribution < 1.29 is 29.4 Å². The van der Waals surface area contributed by atoms with E-state index in [1.807, 2.05) is 0 Å². The fourth-order valence-electron chi connectivity index (χ4n) is 4.30. The maximum Gasteiger partial charge on any atom is 0.326 e. The highest BCUT2D eigenvalue weighted by Gasteiger charge is 2.67. The van der Waals surface area contributed by atoms with Crippen molar-refractivity contribution in [2.45, 2.75) is 35.0 Å². The van der Waals surface area contributed by atoms with E-state index in [1.165, 1.54) is 0 Å². The minimum Gasteiger partial charge on any atom is -0.481 e. The molecule has 1 heterocycles. The van der Waals surface area contributed by atoms with E-state index in [0.29, 0.717) is 0 Å². The molecule has 23 heavy (non-hydrogen) atoms. The van der Waals surface area contributed by atoms with Crippen molar-refractivity contribution in [1.29, 1.82) is 0 Å². The molecule has 0 aromatic rings. The van der Waals surface area contributed by atoms with Crippen LogP contribution in [-0.2, 0) is 19.2 Å². The Morgan fingerprint density at radius 2 is 1.57 bits per heavy atom. The van der Waals surface area contributed by atoms with E-state index >= 15 is 0 Å². The Labute approximate surface area is 148 Å². The van der Waals surface area contributed by atoms with Gasteiger partial charge in [-0.25, -0.2) is 4.79 Å². The van der Waals surface area contributed by atoms with Crippen molar-refractivity contribution in [3.05, 3.63) is 0 Å². The first-order valence-corrected chi connectivity index (χ1v) is 9.18. The Bertz CT molecular complexity index is 564. The lowest BCUT2D eigenvalue weighted by atomic mass is 9.81. The lowest BCUT2D eigenvalue weighted by Gasteiger charge is -2.28. The van der Waals surface area contributed by atoms with Gasteiger partial charge < -0.3 is 10.2 Å². The molecule has 126 valence electrons. The normalized spacial score (nSPS) is 39.7. The van der Waals surface area contributed by atoms with Gasteiger partial charge in [-0.05, 0) is 24.7 Å². The summed E-state index contributed by atoms with van der Waals surface area (Å²) in [4.78, 5) is 48.5. The summed E-state index contributed by atoms with van der Waals surface area (Å²) in [6, 6.07) is -1.40. The molecule has 3 rings (SSSR count). The molecule has 2 bridgehead atoms. The number of aliphatic carboxylic acids is 2. The quantitative estimate of drug-likeness (QED) is 0.476. The number of carbonyl (C=O) groups excluding carboxylic acids is 2. The number of imide groups is 1. The summed E-state index contributed by atoms with van der Waals surface area (Å²) in [7, 11) is 0. The van der Waals surface area contributed by atoms with Gasteiger partial charge in [0.15, 0.2) is 0 Å². The van der Waals surface area contributed by atoms with Crippen LogP contribution >= 0.6 is 31.9 Å². The number of hydrogen-bond donors (Lipinski definition) is 2. The predicted octanol–water partition coefficient (Wildman–Crippen LogP) is 1.08. The van der Waals surface area contributed by atoms with Gasteiger partial charge in [0.2, 0.25) is 11.8 Å². The van der Waals surface area contributed by atoms with E-state index in [2.05, 4.69) is 31.9 Å².